The smallest absolute Gasteiger partial charge is 0.266 e. The average Bonchev–Trinajstić information content (AvgIpc) is 3.18. The van der Waals surface area contributed by atoms with E-state index in [0.29, 0.717) is 31.3 Å². The van der Waals surface area contributed by atoms with E-state index in [1.54, 1.807) is 36.0 Å². The van der Waals surface area contributed by atoms with Gasteiger partial charge in [0.15, 0.2) is 11.6 Å². The number of hydrogen-bond donors (Lipinski definition) is 1. The third-order valence-corrected chi connectivity index (χ3v) is 5.38. The van der Waals surface area contributed by atoms with Gasteiger partial charge in [-0.25, -0.2) is 18.1 Å². The molecule has 3 aromatic heterocycles. The Bertz CT molecular complexity index is 986. The van der Waals surface area contributed by atoms with Crippen LogP contribution in [0.15, 0.2) is 41.6 Å². The summed E-state index contributed by atoms with van der Waals surface area (Å²) in [4.78, 5) is 4.27. The lowest BCUT2D eigenvalue weighted by atomic mass is 10.4. The van der Waals surface area contributed by atoms with Crippen LogP contribution >= 0.6 is 0 Å². The lowest BCUT2D eigenvalue weighted by Gasteiger charge is -2.12. The van der Waals surface area contributed by atoms with Crippen molar-refractivity contribution in [3.63, 3.8) is 0 Å². The van der Waals surface area contributed by atoms with Crippen LogP contribution in [-0.4, -0.2) is 39.6 Å². The molecule has 0 radical (unpaired) electrons. The van der Waals surface area contributed by atoms with Crippen LogP contribution in [-0.2, 0) is 27.9 Å². The largest absolute Gasteiger partial charge is 0.373 e. The third-order valence-electron chi connectivity index (χ3n) is 3.92. The number of nitrogens with zero attached hydrogens (tertiary/aromatic N) is 5. The molecule has 9 nitrogen and oxygen atoms in total. The minimum Gasteiger partial charge on any atom is -0.373 e. The van der Waals surface area contributed by atoms with Crippen LogP contribution in [0.2, 0.25) is 0 Å². The van der Waals surface area contributed by atoms with Gasteiger partial charge in [-0.1, -0.05) is 6.07 Å². The van der Waals surface area contributed by atoms with Gasteiger partial charge in [-0.15, -0.1) is 0 Å². The summed E-state index contributed by atoms with van der Waals surface area (Å²) in [5, 5.41) is 8.41. The summed E-state index contributed by atoms with van der Waals surface area (Å²) in [5.74, 6) is 0.821. The summed E-state index contributed by atoms with van der Waals surface area (Å²) < 4.78 is 36.5. The molecule has 0 bridgehead atoms. The SMILES string of the molecule is Cc1c(S(=O)(=O)Nc2cc3n(n2)CCOC3)cnn1-c1ccccn1. The molecule has 1 aliphatic rings. The van der Waals surface area contributed by atoms with Crippen LogP contribution in [0.5, 0.6) is 0 Å². The van der Waals surface area contributed by atoms with Gasteiger partial charge in [0, 0.05) is 12.3 Å². The molecule has 0 spiro atoms. The van der Waals surface area contributed by atoms with Crippen molar-refractivity contribution in [3.05, 3.63) is 48.0 Å². The first-order valence-corrected chi connectivity index (χ1v) is 9.16. The summed E-state index contributed by atoms with van der Waals surface area (Å²) in [7, 11) is -3.81. The van der Waals surface area contributed by atoms with Crippen molar-refractivity contribution in [2.45, 2.75) is 25.0 Å². The Hall–Kier alpha value is -2.72. The van der Waals surface area contributed by atoms with Gasteiger partial charge in [0.2, 0.25) is 0 Å². The van der Waals surface area contributed by atoms with E-state index in [9.17, 15) is 8.42 Å². The molecule has 1 aliphatic heterocycles. The number of nitrogens with one attached hydrogen (secondary N) is 1. The Kier molecular flexibility index (Phi) is 3.77. The number of hydrogen-bond acceptors (Lipinski definition) is 6. The van der Waals surface area contributed by atoms with Gasteiger partial charge in [-0.05, 0) is 19.1 Å². The predicted molar refractivity (Wildman–Crippen MR) is 88.8 cm³/mol. The molecule has 1 N–H and O–H groups in total. The van der Waals surface area contributed by atoms with E-state index in [-0.39, 0.29) is 10.7 Å². The first-order chi connectivity index (χ1) is 12.0. The number of rotatable bonds is 4. The van der Waals surface area contributed by atoms with Crippen LogP contribution in [0, 0.1) is 6.92 Å². The minimum atomic E-state index is -3.81. The van der Waals surface area contributed by atoms with E-state index < -0.39 is 10.0 Å². The lowest BCUT2D eigenvalue weighted by Crippen LogP contribution is -2.17. The summed E-state index contributed by atoms with van der Waals surface area (Å²) in [6.45, 7) is 3.28. The van der Waals surface area contributed by atoms with Crippen LogP contribution in [0.25, 0.3) is 5.82 Å². The molecule has 0 saturated carbocycles. The normalized spacial score (nSPS) is 14.3. The minimum absolute atomic E-state index is 0.0837. The van der Waals surface area contributed by atoms with Gasteiger partial charge in [0.25, 0.3) is 10.0 Å². The highest BCUT2D eigenvalue weighted by Crippen LogP contribution is 2.21. The zero-order valence-corrected chi connectivity index (χ0v) is 14.3. The number of sulfonamides is 1. The van der Waals surface area contributed by atoms with Crippen LogP contribution < -0.4 is 4.72 Å². The van der Waals surface area contributed by atoms with Crippen molar-refractivity contribution in [2.75, 3.05) is 11.3 Å². The number of fused-ring (bicyclic) bond motifs is 1. The fourth-order valence-electron chi connectivity index (χ4n) is 2.70. The van der Waals surface area contributed by atoms with Crippen molar-refractivity contribution in [2.24, 2.45) is 0 Å². The van der Waals surface area contributed by atoms with Crippen molar-refractivity contribution in [1.29, 1.82) is 0 Å². The second-order valence-electron chi connectivity index (χ2n) is 5.60. The van der Waals surface area contributed by atoms with Crippen LogP contribution in [0.1, 0.15) is 11.4 Å². The molecule has 130 valence electrons. The number of anilines is 1. The highest BCUT2D eigenvalue weighted by molar-refractivity contribution is 7.92. The van der Waals surface area contributed by atoms with E-state index in [0.717, 1.165) is 5.69 Å². The first kappa shape index (κ1) is 15.8. The average molecular weight is 360 g/mol. The van der Waals surface area contributed by atoms with Crippen LogP contribution in [0.4, 0.5) is 5.82 Å². The Labute approximate surface area is 144 Å². The topological polar surface area (TPSA) is 104 Å². The fourth-order valence-corrected chi connectivity index (χ4v) is 3.85. The van der Waals surface area contributed by atoms with Crippen molar-refractivity contribution < 1.29 is 13.2 Å². The third kappa shape index (κ3) is 2.89. The molecule has 0 unspecified atom stereocenters. The summed E-state index contributed by atoms with van der Waals surface area (Å²) in [6.07, 6.45) is 2.94. The maximum absolute atomic E-state index is 12.7. The molecule has 25 heavy (non-hydrogen) atoms. The van der Waals surface area contributed by atoms with Gasteiger partial charge >= 0.3 is 0 Å². The molecular weight excluding hydrogens is 344 g/mol. The molecule has 0 aliphatic carbocycles. The predicted octanol–water partition coefficient (Wildman–Crippen LogP) is 1.10. The molecule has 0 fully saturated rings. The molecule has 0 aromatic carbocycles. The Balaban J connectivity index is 1.65. The summed E-state index contributed by atoms with van der Waals surface area (Å²) in [5.41, 5.74) is 1.31. The summed E-state index contributed by atoms with van der Waals surface area (Å²) >= 11 is 0. The highest BCUT2D eigenvalue weighted by atomic mass is 32.2. The van der Waals surface area contributed by atoms with E-state index in [1.165, 1.54) is 10.9 Å². The van der Waals surface area contributed by atoms with E-state index in [1.807, 2.05) is 6.07 Å². The molecule has 0 atom stereocenters. The molecule has 0 saturated heterocycles. The number of pyridine rings is 1. The van der Waals surface area contributed by atoms with Crippen molar-refractivity contribution in [3.8, 4) is 5.82 Å². The Morgan fingerprint density at radius 1 is 1.32 bits per heavy atom. The fraction of sp³-hybridized carbons (Fsp3) is 0.267. The maximum Gasteiger partial charge on any atom is 0.266 e. The van der Waals surface area contributed by atoms with Crippen molar-refractivity contribution >= 4 is 15.8 Å². The zero-order chi connectivity index (χ0) is 17.4. The van der Waals surface area contributed by atoms with Gasteiger partial charge in [-0.3, -0.25) is 9.40 Å². The molecule has 3 aromatic rings. The van der Waals surface area contributed by atoms with E-state index in [4.69, 9.17) is 4.74 Å². The maximum atomic E-state index is 12.7. The van der Waals surface area contributed by atoms with E-state index >= 15 is 0 Å². The Morgan fingerprint density at radius 3 is 2.96 bits per heavy atom. The quantitative estimate of drug-likeness (QED) is 0.747. The monoisotopic (exact) mass is 360 g/mol. The second-order valence-corrected chi connectivity index (χ2v) is 7.25. The van der Waals surface area contributed by atoms with Gasteiger partial charge < -0.3 is 4.74 Å². The Morgan fingerprint density at radius 2 is 2.20 bits per heavy atom. The lowest BCUT2D eigenvalue weighted by molar-refractivity contribution is 0.0801. The second kappa shape index (κ2) is 5.97. The van der Waals surface area contributed by atoms with Gasteiger partial charge in [0.1, 0.15) is 4.90 Å². The molecule has 0 amide bonds. The van der Waals surface area contributed by atoms with Crippen molar-refractivity contribution in [1.82, 2.24) is 24.5 Å². The number of ether oxygens (including phenoxy) is 1. The zero-order valence-electron chi connectivity index (χ0n) is 13.5. The standard InChI is InChI=1S/C15H16N6O3S/c1-11-13(9-17-21(11)15-4-2-3-5-16-15)25(22,23)19-14-8-12-10-24-7-6-20(12)18-14/h2-5,8-9H,6-7,10H2,1H3,(H,18,19). The summed E-state index contributed by atoms with van der Waals surface area (Å²) in [6, 6.07) is 7.03. The molecule has 4 rings (SSSR count). The molecule has 4 heterocycles. The van der Waals surface area contributed by atoms with Crippen LogP contribution in [0.3, 0.4) is 0 Å². The molecular formula is C15H16N6O3S. The highest BCUT2D eigenvalue weighted by Gasteiger charge is 2.24. The van der Waals surface area contributed by atoms with Gasteiger partial charge in [0.05, 0.1) is 37.3 Å². The molecule has 10 heteroatoms. The van der Waals surface area contributed by atoms with Gasteiger partial charge in [-0.2, -0.15) is 10.2 Å². The van der Waals surface area contributed by atoms with E-state index in [2.05, 4.69) is 19.9 Å². The number of aromatic nitrogens is 5. The first-order valence-electron chi connectivity index (χ1n) is 7.68.